The van der Waals surface area contributed by atoms with Crippen molar-refractivity contribution >= 4 is 10.0 Å². The number of piperidine rings is 1. The van der Waals surface area contributed by atoms with Gasteiger partial charge in [-0.3, -0.25) is 0 Å². The summed E-state index contributed by atoms with van der Waals surface area (Å²) in [6.07, 6.45) is 2.33. The lowest BCUT2D eigenvalue weighted by molar-refractivity contribution is 0.0928. The highest BCUT2D eigenvalue weighted by atomic mass is 32.2. The molecule has 0 spiro atoms. The molecular weight excluding hydrogens is 216 g/mol. The minimum Gasteiger partial charge on any atom is -0.376 e. The molecule has 0 aromatic rings. The van der Waals surface area contributed by atoms with Crippen LogP contribution in [0.2, 0.25) is 0 Å². The first-order valence-corrected chi connectivity index (χ1v) is 7.22. The van der Waals surface area contributed by atoms with Crippen LogP contribution < -0.4 is 10.0 Å². The molecule has 2 aliphatic rings. The van der Waals surface area contributed by atoms with Crippen LogP contribution in [0.1, 0.15) is 6.42 Å². The number of rotatable bonds is 3. The molecule has 2 saturated heterocycles. The van der Waals surface area contributed by atoms with Gasteiger partial charge in [0.25, 0.3) is 0 Å². The minimum atomic E-state index is -3.10. The number of fused-ring (bicyclic) bond motifs is 1. The van der Waals surface area contributed by atoms with Crippen LogP contribution in [-0.2, 0) is 14.8 Å². The maximum Gasteiger partial charge on any atom is 0.208 e. The fourth-order valence-electron chi connectivity index (χ4n) is 2.43. The summed E-state index contributed by atoms with van der Waals surface area (Å²) in [4.78, 5) is 0. The molecule has 3 atom stereocenters. The van der Waals surface area contributed by atoms with Crippen molar-refractivity contribution in [3.63, 3.8) is 0 Å². The first-order chi connectivity index (χ1) is 7.06. The van der Waals surface area contributed by atoms with Gasteiger partial charge >= 0.3 is 0 Å². The van der Waals surface area contributed by atoms with Gasteiger partial charge in [-0.15, -0.1) is 0 Å². The Morgan fingerprint density at radius 1 is 1.53 bits per heavy atom. The number of hydrogen-bond acceptors (Lipinski definition) is 4. The molecule has 0 amide bonds. The molecular formula is C9H18N2O3S. The van der Waals surface area contributed by atoms with Crippen molar-refractivity contribution in [3.05, 3.63) is 0 Å². The van der Waals surface area contributed by atoms with E-state index in [-0.39, 0.29) is 6.10 Å². The number of ether oxygens (including phenoxy) is 1. The maximum absolute atomic E-state index is 11.0. The van der Waals surface area contributed by atoms with Gasteiger partial charge in [0.05, 0.1) is 19.0 Å². The molecule has 0 bridgehead atoms. The highest BCUT2D eigenvalue weighted by Gasteiger charge is 2.38. The average molecular weight is 234 g/mol. The molecule has 2 aliphatic heterocycles. The van der Waals surface area contributed by atoms with E-state index in [9.17, 15) is 8.42 Å². The number of sulfonamides is 1. The van der Waals surface area contributed by atoms with Crippen molar-refractivity contribution in [2.24, 2.45) is 11.8 Å². The van der Waals surface area contributed by atoms with Gasteiger partial charge in [0.2, 0.25) is 10.0 Å². The van der Waals surface area contributed by atoms with Crippen LogP contribution in [0, 0.1) is 11.8 Å². The summed E-state index contributed by atoms with van der Waals surface area (Å²) >= 11 is 0. The summed E-state index contributed by atoms with van der Waals surface area (Å²) in [6.45, 7) is 3.19. The van der Waals surface area contributed by atoms with Crippen LogP contribution in [-0.4, -0.2) is 47.0 Å². The van der Waals surface area contributed by atoms with Gasteiger partial charge in [-0.05, 0) is 18.9 Å². The topological polar surface area (TPSA) is 67.4 Å². The van der Waals surface area contributed by atoms with E-state index < -0.39 is 10.0 Å². The molecule has 0 saturated carbocycles. The molecule has 2 rings (SSSR count). The Labute approximate surface area is 90.6 Å². The molecule has 2 heterocycles. The first kappa shape index (κ1) is 11.3. The maximum atomic E-state index is 11.0. The zero-order chi connectivity index (χ0) is 10.9. The molecule has 0 aromatic carbocycles. The van der Waals surface area contributed by atoms with Crippen LogP contribution in [0.25, 0.3) is 0 Å². The van der Waals surface area contributed by atoms with E-state index in [2.05, 4.69) is 10.0 Å². The Balaban J connectivity index is 1.88. The van der Waals surface area contributed by atoms with Crippen LogP contribution in [0.15, 0.2) is 0 Å². The van der Waals surface area contributed by atoms with Gasteiger partial charge in [-0.2, -0.15) is 0 Å². The quantitative estimate of drug-likeness (QED) is 0.668. The summed E-state index contributed by atoms with van der Waals surface area (Å²) in [5.41, 5.74) is 0. The second-order valence-electron chi connectivity index (χ2n) is 4.41. The molecule has 0 unspecified atom stereocenters. The lowest BCUT2D eigenvalue weighted by Gasteiger charge is -2.27. The Hall–Kier alpha value is -0.170. The molecule has 0 radical (unpaired) electrons. The van der Waals surface area contributed by atoms with Crippen molar-refractivity contribution in [1.29, 1.82) is 0 Å². The number of hydrogen-bond donors (Lipinski definition) is 2. The first-order valence-electron chi connectivity index (χ1n) is 5.33. The Bertz CT molecular complexity index is 317. The summed E-state index contributed by atoms with van der Waals surface area (Å²) in [7, 11) is -3.10. The van der Waals surface area contributed by atoms with E-state index in [4.69, 9.17) is 4.74 Å². The highest BCUT2D eigenvalue weighted by molar-refractivity contribution is 7.88. The van der Waals surface area contributed by atoms with Gasteiger partial charge in [0, 0.05) is 19.0 Å². The molecule has 0 aromatic heterocycles. The van der Waals surface area contributed by atoms with Crippen LogP contribution >= 0.6 is 0 Å². The summed E-state index contributed by atoms with van der Waals surface area (Å²) in [6, 6.07) is 0. The fraction of sp³-hybridized carbons (Fsp3) is 1.00. The monoisotopic (exact) mass is 234 g/mol. The summed E-state index contributed by atoms with van der Waals surface area (Å²) in [5.74, 6) is 1.07. The van der Waals surface area contributed by atoms with Crippen molar-refractivity contribution in [2.75, 3.05) is 32.5 Å². The van der Waals surface area contributed by atoms with Gasteiger partial charge in [0.1, 0.15) is 0 Å². The molecule has 5 nitrogen and oxygen atoms in total. The smallest absolute Gasteiger partial charge is 0.208 e. The third-order valence-corrected chi connectivity index (χ3v) is 3.91. The van der Waals surface area contributed by atoms with Gasteiger partial charge < -0.3 is 10.1 Å². The van der Waals surface area contributed by atoms with Crippen molar-refractivity contribution < 1.29 is 13.2 Å². The average Bonchev–Trinajstić information content (AvgIpc) is 2.57. The van der Waals surface area contributed by atoms with Crippen LogP contribution in [0.5, 0.6) is 0 Å². The molecule has 2 N–H and O–H groups in total. The molecule has 15 heavy (non-hydrogen) atoms. The van der Waals surface area contributed by atoms with Crippen molar-refractivity contribution in [2.45, 2.75) is 12.5 Å². The predicted octanol–water partition coefficient (Wildman–Crippen LogP) is -0.840. The molecule has 88 valence electrons. The Morgan fingerprint density at radius 3 is 3.07 bits per heavy atom. The molecule has 6 heteroatoms. The third kappa shape index (κ3) is 2.90. The van der Waals surface area contributed by atoms with Gasteiger partial charge in [-0.25, -0.2) is 13.1 Å². The second-order valence-corrected chi connectivity index (χ2v) is 6.24. The molecule has 2 fully saturated rings. The van der Waals surface area contributed by atoms with Crippen LogP contribution in [0.3, 0.4) is 0 Å². The normalized spacial score (nSPS) is 36.5. The van der Waals surface area contributed by atoms with Gasteiger partial charge in [-0.1, -0.05) is 0 Å². The zero-order valence-corrected chi connectivity index (χ0v) is 9.72. The van der Waals surface area contributed by atoms with Crippen molar-refractivity contribution in [1.82, 2.24) is 10.0 Å². The lowest BCUT2D eigenvalue weighted by atomic mass is 9.85. The largest absolute Gasteiger partial charge is 0.376 e. The number of nitrogens with one attached hydrogen (secondary N) is 2. The molecule has 0 aliphatic carbocycles. The Morgan fingerprint density at radius 2 is 2.33 bits per heavy atom. The summed E-state index contributed by atoms with van der Waals surface area (Å²) in [5, 5.41) is 3.33. The summed E-state index contributed by atoms with van der Waals surface area (Å²) < 4.78 is 30.1. The predicted molar refractivity (Wildman–Crippen MR) is 57.1 cm³/mol. The highest BCUT2D eigenvalue weighted by Crippen LogP contribution is 2.31. The van der Waals surface area contributed by atoms with E-state index in [0.29, 0.717) is 18.4 Å². The van der Waals surface area contributed by atoms with E-state index in [1.165, 1.54) is 6.26 Å². The minimum absolute atomic E-state index is 0.0619. The van der Waals surface area contributed by atoms with E-state index in [0.717, 1.165) is 26.1 Å². The zero-order valence-electron chi connectivity index (χ0n) is 8.90. The standard InChI is InChI=1S/C9H18N2O3S/c1-15(12,13)11-5-9-8-2-3-10-4-7(8)6-14-9/h7-11H,2-6H2,1H3/t7-,8-,9-/m1/s1. The van der Waals surface area contributed by atoms with E-state index in [1.54, 1.807) is 0 Å². The SMILES string of the molecule is CS(=O)(=O)NC[C@H]1OC[C@H]2CNCC[C@H]21. The lowest BCUT2D eigenvalue weighted by Crippen LogP contribution is -2.41. The second kappa shape index (κ2) is 4.37. The third-order valence-electron chi connectivity index (χ3n) is 3.22. The van der Waals surface area contributed by atoms with Gasteiger partial charge in [0.15, 0.2) is 0 Å². The Kier molecular flexibility index (Phi) is 3.30. The van der Waals surface area contributed by atoms with Crippen LogP contribution in [0.4, 0.5) is 0 Å². The van der Waals surface area contributed by atoms with E-state index >= 15 is 0 Å². The fourth-order valence-corrected chi connectivity index (χ4v) is 2.90. The van der Waals surface area contributed by atoms with E-state index in [1.807, 2.05) is 0 Å². The van der Waals surface area contributed by atoms with Crippen molar-refractivity contribution in [3.8, 4) is 0 Å².